The second kappa shape index (κ2) is 10.8. The van der Waals surface area contributed by atoms with E-state index in [1.807, 2.05) is 24.3 Å². The summed E-state index contributed by atoms with van der Waals surface area (Å²) in [5.74, 6) is 0.782. The fourth-order valence-corrected chi connectivity index (χ4v) is 2.74. The first-order valence-corrected chi connectivity index (χ1v) is 8.22. The molecule has 0 bridgehead atoms. The van der Waals surface area contributed by atoms with Gasteiger partial charge in [-0.05, 0) is 30.8 Å². The topological polar surface area (TPSA) is 24.5 Å². The Bertz CT molecular complexity index is 405. The van der Waals surface area contributed by atoms with Crippen molar-refractivity contribution in [2.24, 2.45) is 0 Å². The molecule has 0 aliphatic carbocycles. The van der Waals surface area contributed by atoms with Gasteiger partial charge in [0.1, 0.15) is 5.75 Å². The number of methoxy groups -OCH3 is 1. The van der Waals surface area contributed by atoms with Gasteiger partial charge >= 0.3 is 0 Å². The molecule has 0 saturated carbocycles. The standard InChI is InChI=1S/C15H23Cl3N2O.ClH/c1-4-20(5-2)11-10-19-14(15(16,17)18)12-6-8-13(21-3)9-7-12;/h6-9,14,19H,4-5,10-11H2,1-3H3;1H. The Morgan fingerprint density at radius 3 is 2.09 bits per heavy atom. The molecule has 0 fully saturated rings. The van der Waals surface area contributed by atoms with Gasteiger partial charge in [-0.15, -0.1) is 12.4 Å². The average molecular weight is 390 g/mol. The monoisotopic (exact) mass is 388 g/mol. The van der Waals surface area contributed by atoms with Crippen molar-refractivity contribution in [1.29, 1.82) is 0 Å². The highest BCUT2D eigenvalue weighted by molar-refractivity contribution is 6.68. The summed E-state index contributed by atoms with van der Waals surface area (Å²) < 4.78 is 3.75. The minimum absolute atomic E-state index is 0. The van der Waals surface area contributed by atoms with Crippen LogP contribution in [0, 0.1) is 0 Å². The van der Waals surface area contributed by atoms with E-state index in [4.69, 9.17) is 39.5 Å². The van der Waals surface area contributed by atoms with Crippen LogP contribution in [0.3, 0.4) is 0 Å². The minimum atomic E-state index is -1.40. The van der Waals surface area contributed by atoms with E-state index in [0.717, 1.165) is 37.5 Å². The normalized spacial score (nSPS) is 12.9. The maximum atomic E-state index is 6.11. The van der Waals surface area contributed by atoms with Crippen molar-refractivity contribution in [1.82, 2.24) is 10.2 Å². The summed E-state index contributed by atoms with van der Waals surface area (Å²) in [5, 5.41) is 3.33. The second-order valence-corrected chi connectivity index (χ2v) is 7.10. The zero-order valence-corrected chi connectivity index (χ0v) is 16.2. The van der Waals surface area contributed by atoms with Crippen molar-refractivity contribution in [3.05, 3.63) is 29.8 Å². The first-order chi connectivity index (χ1) is 9.92. The zero-order valence-electron chi connectivity index (χ0n) is 13.1. The molecule has 0 heterocycles. The van der Waals surface area contributed by atoms with Crippen LogP contribution in [0.25, 0.3) is 0 Å². The van der Waals surface area contributed by atoms with E-state index in [1.165, 1.54) is 0 Å². The molecule has 0 radical (unpaired) electrons. The molecule has 7 heteroatoms. The number of hydrogen-bond acceptors (Lipinski definition) is 3. The number of nitrogens with one attached hydrogen (secondary N) is 1. The molecule has 22 heavy (non-hydrogen) atoms. The highest BCUT2D eigenvalue weighted by atomic mass is 35.6. The first kappa shape index (κ1) is 22.1. The number of benzene rings is 1. The number of rotatable bonds is 8. The third kappa shape index (κ3) is 7.12. The smallest absolute Gasteiger partial charge is 0.209 e. The average Bonchev–Trinajstić information content (AvgIpc) is 2.46. The molecule has 1 aromatic rings. The summed E-state index contributed by atoms with van der Waals surface area (Å²) in [6.45, 7) is 7.98. The molecular formula is C15H24Cl4N2O. The van der Waals surface area contributed by atoms with Gasteiger partial charge < -0.3 is 15.0 Å². The number of halogens is 4. The maximum absolute atomic E-state index is 6.11. The van der Waals surface area contributed by atoms with Crippen LogP contribution < -0.4 is 10.1 Å². The Labute approximate surface area is 154 Å². The Morgan fingerprint density at radius 2 is 1.68 bits per heavy atom. The second-order valence-electron chi connectivity index (χ2n) is 4.73. The van der Waals surface area contributed by atoms with Crippen LogP contribution >= 0.6 is 47.2 Å². The van der Waals surface area contributed by atoms with Crippen LogP contribution in [0.5, 0.6) is 5.75 Å². The molecule has 3 nitrogen and oxygen atoms in total. The highest BCUT2D eigenvalue weighted by Gasteiger charge is 2.33. The van der Waals surface area contributed by atoms with Crippen molar-refractivity contribution in [2.45, 2.75) is 23.7 Å². The van der Waals surface area contributed by atoms with Crippen LogP contribution in [0.15, 0.2) is 24.3 Å². The number of likely N-dealkylation sites (N-methyl/N-ethyl adjacent to an activating group) is 1. The summed E-state index contributed by atoms with van der Waals surface area (Å²) in [7, 11) is 1.63. The van der Waals surface area contributed by atoms with Gasteiger partial charge in [-0.2, -0.15) is 0 Å². The molecule has 0 aliphatic heterocycles. The molecule has 0 amide bonds. The summed E-state index contributed by atoms with van der Waals surface area (Å²) in [6, 6.07) is 7.20. The van der Waals surface area contributed by atoms with E-state index in [9.17, 15) is 0 Å². The third-order valence-electron chi connectivity index (χ3n) is 3.45. The molecule has 0 spiro atoms. The molecule has 0 aliphatic rings. The lowest BCUT2D eigenvalue weighted by Gasteiger charge is -2.27. The largest absolute Gasteiger partial charge is 0.497 e. The van der Waals surface area contributed by atoms with E-state index in [-0.39, 0.29) is 18.4 Å². The van der Waals surface area contributed by atoms with Crippen molar-refractivity contribution in [2.75, 3.05) is 33.3 Å². The molecule has 1 rings (SSSR count). The summed E-state index contributed by atoms with van der Waals surface area (Å²) >= 11 is 18.3. The molecule has 0 aromatic heterocycles. The van der Waals surface area contributed by atoms with E-state index in [0.29, 0.717) is 0 Å². The van der Waals surface area contributed by atoms with Gasteiger partial charge in [0.2, 0.25) is 3.79 Å². The number of hydrogen-bond donors (Lipinski definition) is 1. The molecule has 1 atom stereocenters. The summed E-state index contributed by atoms with van der Waals surface area (Å²) in [5.41, 5.74) is 0.926. The fourth-order valence-electron chi connectivity index (χ4n) is 2.13. The van der Waals surface area contributed by atoms with Crippen LogP contribution in [0.4, 0.5) is 0 Å². The predicted octanol–water partition coefficient (Wildman–Crippen LogP) is 4.46. The minimum Gasteiger partial charge on any atom is -0.497 e. The molecule has 1 N–H and O–H groups in total. The van der Waals surface area contributed by atoms with Crippen molar-refractivity contribution in [3.63, 3.8) is 0 Å². The first-order valence-electron chi connectivity index (χ1n) is 7.08. The van der Waals surface area contributed by atoms with Gasteiger partial charge in [0.05, 0.1) is 13.2 Å². The lowest BCUT2D eigenvalue weighted by atomic mass is 10.1. The van der Waals surface area contributed by atoms with E-state index in [1.54, 1.807) is 7.11 Å². The van der Waals surface area contributed by atoms with Crippen LogP contribution in [0.2, 0.25) is 0 Å². The van der Waals surface area contributed by atoms with E-state index >= 15 is 0 Å². The Balaban J connectivity index is 0.00000441. The quantitative estimate of drug-likeness (QED) is 0.664. The van der Waals surface area contributed by atoms with Crippen LogP contribution in [0.1, 0.15) is 25.5 Å². The van der Waals surface area contributed by atoms with E-state index in [2.05, 4.69) is 24.1 Å². The number of nitrogens with zero attached hydrogens (tertiary/aromatic N) is 1. The Kier molecular flexibility index (Phi) is 10.8. The molecule has 128 valence electrons. The number of alkyl halides is 3. The van der Waals surface area contributed by atoms with Gasteiger partial charge in [0, 0.05) is 13.1 Å². The van der Waals surface area contributed by atoms with Crippen LogP contribution in [-0.4, -0.2) is 42.0 Å². The van der Waals surface area contributed by atoms with Gasteiger partial charge in [-0.1, -0.05) is 60.8 Å². The lowest BCUT2D eigenvalue weighted by Crippen LogP contribution is -2.38. The Hall–Kier alpha value is 0.1000. The highest BCUT2D eigenvalue weighted by Crippen LogP contribution is 2.40. The van der Waals surface area contributed by atoms with Gasteiger partial charge in [0.15, 0.2) is 0 Å². The zero-order chi connectivity index (χ0) is 15.9. The third-order valence-corrected chi connectivity index (χ3v) is 4.10. The van der Waals surface area contributed by atoms with E-state index < -0.39 is 3.79 Å². The van der Waals surface area contributed by atoms with Crippen molar-refractivity contribution >= 4 is 47.2 Å². The SMILES string of the molecule is CCN(CC)CCNC(c1ccc(OC)cc1)C(Cl)(Cl)Cl.Cl. The van der Waals surface area contributed by atoms with Crippen LogP contribution in [-0.2, 0) is 0 Å². The summed E-state index contributed by atoms with van der Waals surface area (Å²) in [6.07, 6.45) is 0. The maximum Gasteiger partial charge on any atom is 0.209 e. The lowest BCUT2D eigenvalue weighted by molar-refractivity contribution is 0.296. The predicted molar refractivity (Wildman–Crippen MR) is 99.1 cm³/mol. The molecular weight excluding hydrogens is 366 g/mol. The summed E-state index contributed by atoms with van der Waals surface area (Å²) in [4.78, 5) is 2.32. The van der Waals surface area contributed by atoms with Gasteiger partial charge in [0.25, 0.3) is 0 Å². The Morgan fingerprint density at radius 1 is 1.14 bits per heavy atom. The fraction of sp³-hybridized carbons (Fsp3) is 0.600. The molecule has 0 saturated heterocycles. The van der Waals surface area contributed by atoms with Gasteiger partial charge in [-0.25, -0.2) is 0 Å². The molecule has 1 aromatic carbocycles. The van der Waals surface area contributed by atoms with Gasteiger partial charge in [-0.3, -0.25) is 0 Å². The molecule has 1 unspecified atom stereocenters. The van der Waals surface area contributed by atoms with Crippen molar-refractivity contribution < 1.29 is 4.74 Å². The van der Waals surface area contributed by atoms with Crippen molar-refractivity contribution in [3.8, 4) is 5.75 Å². The number of ether oxygens (including phenoxy) is 1.